The average Bonchev–Trinajstić information content (AvgIpc) is 3.66. The van der Waals surface area contributed by atoms with E-state index < -0.39 is 35.5 Å². The number of carbonyl (C=O) groups is 3. The van der Waals surface area contributed by atoms with Crippen molar-refractivity contribution in [2.45, 2.75) is 102 Å². The minimum Gasteiger partial charge on any atom is -0.507 e. The number of amides is 2. The van der Waals surface area contributed by atoms with Gasteiger partial charge in [-0.05, 0) is 73.6 Å². The smallest absolute Gasteiger partial charge is 0.326 e. The van der Waals surface area contributed by atoms with E-state index in [9.17, 15) is 29.7 Å². The summed E-state index contributed by atoms with van der Waals surface area (Å²) in [5.74, 6) is -0.709. The lowest BCUT2D eigenvalue weighted by Gasteiger charge is -2.42. The van der Waals surface area contributed by atoms with Crippen LogP contribution in [0.4, 0.5) is 17.5 Å². The first-order chi connectivity index (χ1) is 25.3. The molecule has 5 heterocycles. The number of nitrogens with two attached hydrogens (primary N) is 1. The number of rotatable bonds is 8. The van der Waals surface area contributed by atoms with Gasteiger partial charge in [-0.3, -0.25) is 9.59 Å². The number of phenols is 1. The summed E-state index contributed by atoms with van der Waals surface area (Å²) in [4.78, 5) is 54.3. The third-order valence-electron chi connectivity index (χ3n) is 11.5. The topological polar surface area (TPSA) is 211 Å². The number of carboxylic acids is 1. The van der Waals surface area contributed by atoms with E-state index >= 15 is 0 Å². The van der Waals surface area contributed by atoms with Crippen LogP contribution in [0.5, 0.6) is 5.75 Å². The molecule has 1 saturated carbocycles. The number of aliphatic hydroxyl groups excluding tert-OH is 1. The second kappa shape index (κ2) is 14.4. The lowest BCUT2D eigenvalue weighted by atomic mass is 9.78. The van der Waals surface area contributed by atoms with Crippen molar-refractivity contribution in [3.63, 3.8) is 0 Å². The van der Waals surface area contributed by atoms with Crippen molar-refractivity contribution in [1.82, 2.24) is 30.4 Å². The molecule has 4 fully saturated rings. The monoisotopic (exact) mass is 727 g/mol. The normalized spacial score (nSPS) is 26.4. The number of fused-ring (bicyclic) bond motifs is 2. The predicted octanol–water partition coefficient (Wildman–Crippen LogP) is 2.93. The molecule has 2 unspecified atom stereocenters. The highest BCUT2D eigenvalue weighted by atomic mass is 16.4. The number of aliphatic hydroxyl groups is 1. The molecule has 15 nitrogen and oxygen atoms in total. The molecule has 15 heteroatoms. The molecule has 4 aliphatic rings. The largest absolute Gasteiger partial charge is 0.507 e. The van der Waals surface area contributed by atoms with Crippen molar-refractivity contribution in [3.8, 4) is 17.0 Å². The number of benzene rings is 1. The molecule has 2 aromatic heterocycles. The van der Waals surface area contributed by atoms with Gasteiger partial charge in [0.15, 0.2) is 5.82 Å². The van der Waals surface area contributed by atoms with Gasteiger partial charge in [0.1, 0.15) is 17.8 Å². The first-order valence-electron chi connectivity index (χ1n) is 18.6. The number of piperazine rings is 1. The first kappa shape index (κ1) is 36.3. The Morgan fingerprint density at radius 2 is 1.60 bits per heavy atom. The number of anilines is 3. The number of aromatic hydroxyl groups is 1. The third kappa shape index (κ3) is 7.31. The van der Waals surface area contributed by atoms with Gasteiger partial charge < -0.3 is 41.1 Å². The van der Waals surface area contributed by atoms with Crippen molar-refractivity contribution < 1.29 is 29.7 Å². The Morgan fingerprint density at radius 3 is 2.23 bits per heavy atom. The summed E-state index contributed by atoms with van der Waals surface area (Å²) < 4.78 is 0. The Balaban J connectivity index is 0.957. The molecule has 2 bridgehead atoms. The van der Waals surface area contributed by atoms with E-state index in [2.05, 4.69) is 25.3 Å². The second-order valence-corrected chi connectivity index (χ2v) is 16.1. The minimum atomic E-state index is -1.16. The molecule has 2 amide bonds. The van der Waals surface area contributed by atoms with E-state index in [0.29, 0.717) is 35.9 Å². The zero-order valence-electron chi connectivity index (χ0n) is 30.4. The Bertz CT molecular complexity index is 1830. The molecule has 3 aliphatic heterocycles. The molecular formula is C38H49N9O6. The van der Waals surface area contributed by atoms with E-state index in [4.69, 9.17) is 15.7 Å². The van der Waals surface area contributed by atoms with E-state index in [-0.39, 0.29) is 48.5 Å². The summed E-state index contributed by atoms with van der Waals surface area (Å²) >= 11 is 0. The van der Waals surface area contributed by atoms with E-state index in [1.54, 1.807) is 18.2 Å². The highest BCUT2D eigenvalue weighted by molar-refractivity contribution is 5.92. The van der Waals surface area contributed by atoms with Gasteiger partial charge in [-0.25, -0.2) is 14.8 Å². The lowest BCUT2D eigenvalue weighted by molar-refractivity contribution is -0.151. The molecule has 0 radical (unpaired) electrons. The fourth-order valence-corrected chi connectivity index (χ4v) is 8.62. The number of phenolic OH excluding ortho intramolecular Hbond substituents is 1. The lowest BCUT2D eigenvalue weighted by Crippen LogP contribution is -2.57. The molecule has 0 spiro atoms. The molecule has 7 rings (SSSR count). The van der Waals surface area contributed by atoms with Gasteiger partial charge in [0.2, 0.25) is 17.8 Å². The van der Waals surface area contributed by atoms with Gasteiger partial charge in [-0.2, -0.15) is 0 Å². The van der Waals surface area contributed by atoms with Crippen molar-refractivity contribution in [2.24, 2.45) is 11.3 Å². The van der Waals surface area contributed by atoms with Gasteiger partial charge in [0, 0.05) is 62.0 Å². The van der Waals surface area contributed by atoms with Crippen LogP contribution in [0, 0.1) is 11.3 Å². The fraction of sp³-hybridized carbons (Fsp3) is 0.553. The minimum absolute atomic E-state index is 0.0260. The first-order valence-corrected chi connectivity index (χ1v) is 18.6. The molecule has 5 atom stereocenters. The van der Waals surface area contributed by atoms with Crippen LogP contribution in [-0.2, 0) is 14.4 Å². The van der Waals surface area contributed by atoms with E-state index in [1.165, 1.54) is 4.90 Å². The van der Waals surface area contributed by atoms with E-state index in [1.807, 2.05) is 45.3 Å². The molecule has 6 N–H and O–H groups in total. The molecule has 3 aromatic rings. The van der Waals surface area contributed by atoms with Crippen LogP contribution >= 0.6 is 0 Å². The number of nitrogens with one attached hydrogen (secondary N) is 1. The van der Waals surface area contributed by atoms with Gasteiger partial charge in [0.05, 0.1) is 17.5 Å². The van der Waals surface area contributed by atoms with Crippen LogP contribution in [-0.4, -0.2) is 108 Å². The quantitative estimate of drug-likeness (QED) is 0.226. The number of aromatic nitrogens is 4. The number of aliphatic carboxylic acids is 1. The van der Waals surface area contributed by atoms with E-state index in [0.717, 1.165) is 50.0 Å². The molecule has 282 valence electrons. The summed E-state index contributed by atoms with van der Waals surface area (Å²) in [5.41, 5.74) is 8.67. The maximum atomic E-state index is 13.6. The fourth-order valence-electron chi connectivity index (χ4n) is 8.62. The Labute approximate surface area is 308 Å². The molecule has 3 saturated heterocycles. The van der Waals surface area contributed by atoms with Crippen LogP contribution in [0.2, 0.25) is 0 Å². The number of hydrogen-bond acceptors (Lipinski definition) is 12. The Morgan fingerprint density at radius 1 is 0.943 bits per heavy atom. The van der Waals surface area contributed by atoms with Crippen LogP contribution in [0.1, 0.15) is 77.2 Å². The number of nitrogen functional groups attached to an aromatic ring is 1. The summed E-state index contributed by atoms with van der Waals surface area (Å²) in [6, 6.07) is 7.31. The van der Waals surface area contributed by atoms with Gasteiger partial charge in [-0.15, -0.1) is 10.2 Å². The molecular weight excluding hydrogens is 678 g/mol. The number of hydrogen-bond donors (Lipinski definition) is 5. The van der Waals surface area contributed by atoms with Crippen LogP contribution in [0.25, 0.3) is 11.3 Å². The Hall–Kier alpha value is -5.05. The number of para-hydroxylation sites is 1. The van der Waals surface area contributed by atoms with Gasteiger partial charge in [0.25, 0.3) is 0 Å². The summed E-state index contributed by atoms with van der Waals surface area (Å²) in [7, 11) is 0. The second-order valence-electron chi connectivity index (χ2n) is 16.1. The highest BCUT2D eigenvalue weighted by Crippen LogP contribution is 2.40. The summed E-state index contributed by atoms with van der Waals surface area (Å²) in [6.07, 6.45) is 7.76. The zero-order valence-corrected chi connectivity index (χ0v) is 30.4. The summed E-state index contributed by atoms with van der Waals surface area (Å²) in [5, 5.41) is 41.5. The zero-order chi connectivity index (χ0) is 37.6. The van der Waals surface area contributed by atoms with Crippen molar-refractivity contribution in [3.05, 3.63) is 48.3 Å². The number of nitrogens with zero attached hydrogens (tertiary/aromatic N) is 7. The van der Waals surface area contributed by atoms with Crippen molar-refractivity contribution in [1.29, 1.82) is 0 Å². The van der Waals surface area contributed by atoms with Gasteiger partial charge >= 0.3 is 5.97 Å². The predicted molar refractivity (Wildman–Crippen MR) is 197 cm³/mol. The standard InChI is InChI=1S/C38H49N9O6/c1-38(2,3)32(35(51)46-20-26(48)14-30(46)36(52)53)42-34(50)22-10-8-21(9-11-22)23-16-40-37(41-17-23)47-24-12-13-25(47)19-45(18-24)29-15-28(43-44-33(29)39)27-6-4-5-7-31(27)49/h4-7,15-17,21-22,24-26,30,32,48-49H,8-14,18-20H2,1-3H3,(H2,39,44)(H,42,50)(H,52,53)/t21?,22?,24?,25?,26-,30+,32-/m1/s1. The summed E-state index contributed by atoms with van der Waals surface area (Å²) in [6.45, 7) is 6.91. The number of carboxylic acid groups (broad SMARTS) is 1. The van der Waals surface area contributed by atoms with Crippen LogP contribution < -0.4 is 20.9 Å². The molecule has 1 aromatic carbocycles. The van der Waals surface area contributed by atoms with Crippen molar-refractivity contribution >= 4 is 35.2 Å². The van der Waals surface area contributed by atoms with Gasteiger partial charge in [-0.1, -0.05) is 32.9 Å². The molecule has 53 heavy (non-hydrogen) atoms. The van der Waals surface area contributed by atoms with Crippen LogP contribution in [0.3, 0.4) is 0 Å². The average molecular weight is 728 g/mol. The Kier molecular flexibility index (Phi) is 9.87. The SMILES string of the molecule is CC(C)(C)[C@H](NC(=O)C1CCC(c2cnc(N3C4CCC3CN(c3cc(-c5ccccc5O)nnc3N)C4)nc2)CC1)C(=O)N1C[C@H](O)C[C@H]1C(=O)O. The molecule has 1 aliphatic carbocycles. The number of β-amino-alcohol motifs (C(OH)–C–C–N with tert-alkyl or cyclic N) is 1. The highest BCUT2D eigenvalue weighted by Gasteiger charge is 2.46. The number of likely N-dealkylation sites (tertiary alicyclic amines) is 1. The maximum Gasteiger partial charge on any atom is 0.326 e. The third-order valence-corrected chi connectivity index (χ3v) is 11.5. The van der Waals surface area contributed by atoms with Crippen molar-refractivity contribution in [2.75, 3.05) is 35.2 Å². The van der Waals surface area contributed by atoms with Crippen LogP contribution in [0.15, 0.2) is 42.7 Å². The number of carbonyl (C=O) groups excluding carboxylic acids is 2. The maximum absolute atomic E-state index is 13.6.